The zero-order valence-electron chi connectivity index (χ0n) is 27.8. The second-order valence-electron chi connectivity index (χ2n) is 12.0. The smallest absolute Gasteiger partial charge is 0.264 e. The van der Waals surface area contributed by atoms with E-state index >= 15 is 0 Å². The molecule has 4 aromatic rings. The number of benzene rings is 4. The first-order chi connectivity index (χ1) is 23.7. The van der Waals surface area contributed by atoms with Crippen molar-refractivity contribution in [3.8, 4) is 11.5 Å². The van der Waals surface area contributed by atoms with Crippen LogP contribution in [0.5, 0.6) is 11.5 Å². The van der Waals surface area contributed by atoms with E-state index in [-0.39, 0.29) is 35.5 Å². The molecule has 0 heterocycles. The number of amides is 2. The van der Waals surface area contributed by atoms with Crippen LogP contribution in [0.15, 0.2) is 108 Å². The van der Waals surface area contributed by atoms with Gasteiger partial charge in [-0.15, -0.1) is 0 Å². The molecule has 0 saturated heterocycles. The van der Waals surface area contributed by atoms with Crippen molar-refractivity contribution in [2.45, 2.75) is 62.6 Å². The van der Waals surface area contributed by atoms with Gasteiger partial charge in [0.05, 0.1) is 24.3 Å². The molecular weight excluding hydrogens is 645 g/mol. The predicted octanol–water partition coefficient (Wildman–Crippen LogP) is 6.13. The summed E-state index contributed by atoms with van der Waals surface area (Å²) >= 11 is 0. The Labute approximate surface area is 287 Å². The maximum absolute atomic E-state index is 14.7. The monoisotopic (exact) mass is 687 g/mol. The summed E-state index contributed by atoms with van der Waals surface area (Å²) in [6, 6.07) is 26.5. The van der Waals surface area contributed by atoms with Crippen LogP contribution in [0.3, 0.4) is 0 Å². The van der Waals surface area contributed by atoms with Crippen molar-refractivity contribution in [2.24, 2.45) is 0 Å². The van der Waals surface area contributed by atoms with Gasteiger partial charge in [-0.1, -0.05) is 55.3 Å². The second-order valence-corrected chi connectivity index (χ2v) is 13.8. The number of nitrogens with one attached hydrogen (secondary N) is 1. The van der Waals surface area contributed by atoms with Crippen LogP contribution >= 0.6 is 0 Å². The lowest BCUT2D eigenvalue weighted by Gasteiger charge is -2.34. The lowest BCUT2D eigenvalue weighted by atomic mass is 10.0. The number of rotatable bonds is 15. The molecule has 0 spiro atoms. The molecule has 0 radical (unpaired) electrons. The number of methoxy groups -OCH3 is 1. The molecule has 49 heavy (non-hydrogen) atoms. The van der Waals surface area contributed by atoms with Crippen molar-refractivity contribution in [1.29, 1.82) is 0 Å². The van der Waals surface area contributed by atoms with E-state index in [0.29, 0.717) is 23.7 Å². The summed E-state index contributed by atoms with van der Waals surface area (Å²) in [5.41, 5.74) is 1.76. The molecule has 258 valence electrons. The molecule has 4 aromatic carbocycles. The maximum atomic E-state index is 14.7. The number of ether oxygens (including phenoxy) is 2. The molecule has 9 nitrogen and oxygen atoms in total. The molecule has 0 aliphatic heterocycles. The number of carbonyl (C=O) groups is 2. The number of sulfonamides is 1. The van der Waals surface area contributed by atoms with Crippen LogP contribution in [0.2, 0.25) is 0 Å². The number of hydrogen-bond donors (Lipinski definition) is 1. The van der Waals surface area contributed by atoms with Gasteiger partial charge in [0.2, 0.25) is 11.8 Å². The third-order valence-corrected chi connectivity index (χ3v) is 10.4. The van der Waals surface area contributed by atoms with E-state index in [9.17, 15) is 22.4 Å². The fourth-order valence-electron chi connectivity index (χ4n) is 6.03. The molecule has 5 rings (SSSR count). The normalized spacial score (nSPS) is 13.8. The summed E-state index contributed by atoms with van der Waals surface area (Å²) in [7, 11) is -2.83. The SMILES string of the molecule is CCOc1ccc(N(CC(=O)N(Cc2cccc(OC)c2)[C@@H](Cc2ccccc2)C(=O)NC2CCCC2)S(=O)(=O)c2ccc(F)cc2)cc1. The summed E-state index contributed by atoms with van der Waals surface area (Å²) in [5, 5.41) is 3.17. The van der Waals surface area contributed by atoms with Gasteiger partial charge in [0.25, 0.3) is 10.0 Å². The average Bonchev–Trinajstić information content (AvgIpc) is 3.63. The highest BCUT2D eigenvalue weighted by molar-refractivity contribution is 7.92. The molecule has 1 atom stereocenters. The first-order valence-electron chi connectivity index (χ1n) is 16.5. The molecule has 0 aromatic heterocycles. The quantitative estimate of drug-likeness (QED) is 0.161. The summed E-state index contributed by atoms with van der Waals surface area (Å²) < 4.78 is 54.2. The van der Waals surface area contributed by atoms with E-state index < -0.39 is 34.3 Å². The van der Waals surface area contributed by atoms with Gasteiger partial charge in [0.15, 0.2) is 0 Å². The van der Waals surface area contributed by atoms with Gasteiger partial charge >= 0.3 is 0 Å². The first kappa shape index (κ1) is 35.4. The second kappa shape index (κ2) is 16.5. The molecule has 11 heteroatoms. The van der Waals surface area contributed by atoms with Crippen LogP contribution in [-0.4, -0.2) is 57.5 Å². The van der Waals surface area contributed by atoms with Crippen LogP contribution in [0.1, 0.15) is 43.7 Å². The Balaban J connectivity index is 1.57. The summed E-state index contributed by atoms with van der Waals surface area (Å²) in [5.74, 6) is -0.382. The molecule has 0 unspecified atom stereocenters. The molecular formula is C38H42FN3O6S. The van der Waals surface area contributed by atoms with Crippen molar-refractivity contribution < 1.29 is 31.9 Å². The van der Waals surface area contributed by atoms with E-state index in [1.165, 1.54) is 4.90 Å². The summed E-state index contributed by atoms with van der Waals surface area (Å²) in [6.07, 6.45) is 3.95. The summed E-state index contributed by atoms with van der Waals surface area (Å²) in [4.78, 5) is 30.1. The maximum Gasteiger partial charge on any atom is 0.264 e. The Kier molecular flexibility index (Phi) is 11.9. The number of nitrogens with zero attached hydrogens (tertiary/aromatic N) is 2. The van der Waals surface area contributed by atoms with Gasteiger partial charge < -0.3 is 19.7 Å². The fraction of sp³-hybridized carbons (Fsp3) is 0.316. The van der Waals surface area contributed by atoms with Gasteiger partial charge in [-0.3, -0.25) is 13.9 Å². The molecule has 1 aliphatic carbocycles. The standard InChI is InChI=1S/C38H42FN3O6S/c1-3-48-33-20-18-32(19-21-33)42(49(45,46)35-22-16-30(39)17-23-35)27-37(43)41(26-29-12-9-15-34(24-29)47-2)36(25-28-10-5-4-6-11-28)38(44)40-31-13-7-8-14-31/h4-6,9-12,15-24,31,36H,3,7-8,13-14,25-27H2,1-2H3,(H,40,44)/t36-/m0/s1. The fourth-order valence-corrected chi connectivity index (χ4v) is 7.44. The van der Waals surface area contributed by atoms with Crippen molar-refractivity contribution in [1.82, 2.24) is 10.2 Å². The Hall–Kier alpha value is -4.90. The Morgan fingerprint density at radius 2 is 1.55 bits per heavy atom. The number of anilines is 1. The molecule has 1 N–H and O–H groups in total. The third kappa shape index (κ3) is 9.17. The predicted molar refractivity (Wildman–Crippen MR) is 186 cm³/mol. The number of hydrogen-bond acceptors (Lipinski definition) is 6. The topological polar surface area (TPSA) is 105 Å². The third-order valence-electron chi connectivity index (χ3n) is 8.58. The van der Waals surface area contributed by atoms with Gasteiger partial charge in [0.1, 0.15) is 29.9 Å². The van der Waals surface area contributed by atoms with Crippen LogP contribution in [0, 0.1) is 5.82 Å². The minimum Gasteiger partial charge on any atom is -0.497 e. The Morgan fingerprint density at radius 1 is 0.878 bits per heavy atom. The highest BCUT2D eigenvalue weighted by Gasteiger charge is 2.35. The highest BCUT2D eigenvalue weighted by atomic mass is 32.2. The zero-order valence-corrected chi connectivity index (χ0v) is 28.6. The van der Waals surface area contributed by atoms with Gasteiger partial charge in [-0.25, -0.2) is 12.8 Å². The molecule has 0 bridgehead atoms. The average molecular weight is 688 g/mol. The molecule has 2 amide bonds. The zero-order chi connectivity index (χ0) is 34.8. The van der Waals surface area contributed by atoms with Crippen LogP contribution in [0.25, 0.3) is 0 Å². The van der Waals surface area contributed by atoms with E-state index in [1.54, 1.807) is 49.6 Å². The van der Waals surface area contributed by atoms with Crippen LogP contribution in [0.4, 0.5) is 10.1 Å². The van der Waals surface area contributed by atoms with Crippen molar-refractivity contribution >= 4 is 27.5 Å². The minimum absolute atomic E-state index is 0.00116. The van der Waals surface area contributed by atoms with Gasteiger partial charge in [-0.05, 0) is 91.6 Å². The van der Waals surface area contributed by atoms with E-state index in [0.717, 1.165) is 59.8 Å². The van der Waals surface area contributed by atoms with E-state index in [4.69, 9.17) is 9.47 Å². The van der Waals surface area contributed by atoms with Crippen LogP contribution in [-0.2, 0) is 32.6 Å². The van der Waals surface area contributed by atoms with E-state index in [1.807, 2.05) is 43.3 Å². The van der Waals surface area contributed by atoms with Gasteiger partial charge in [-0.2, -0.15) is 0 Å². The lowest BCUT2D eigenvalue weighted by molar-refractivity contribution is -0.140. The van der Waals surface area contributed by atoms with Crippen molar-refractivity contribution in [2.75, 3.05) is 24.6 Å². The lowest BCUT2D eigenvalue weighted by Crippen LogP contribution is -2.54. The van der Waals surface area contributed by atoms with E-state index in [2.05, 4.69) is 5.32 Å². The van der Waals surface area contributed by atoms with Crippen molar-refractivity contribution in [3.05, 3.63) is 120 Å². The summed E-state index contributed by atoms with van der Waals surface area (Å²) in [6.45, 7) is 1.64. The Bertz CT molecular complexity index is 1800. The molecule has 1 fully saturated rings. The first-order valence-corrected chi connectivity index (χ1v) is 17.9. The van der Waals surface area contributed by atoms with Crippen molar-refractivity contribution in [3.63, 3.8) is 0 Å². The largest absolute Gasteiger partial charge is 0.497 e. The minimum atomic E-state index is -4.37. The Morgan fingerprint density at radius 3 is 2.20 bits per heavy atom. The molecule has 1 saturated carbocycles. The number of halogens is 1. The molecule has 1 aliphatic rings. The van der Waals surface area contributed by atoms with Crippen LogP contribution < -0.4 is 19.1 Å². The van der Waals surface area contributed by atoms with Gasteiger partial charge in [0, 0.05) is 19.0 Å². The highest BCUT2D eigenvalue weighted by Crippen LogP contribution is 2.28. The number of carbonyl (C=O) groups excluding carboxylic acids is 2.